The van der Waals surface area contributed by atoms with Crippen LogP contribution in [0.15, 0.2) is 40.8 Å². The lowest BCUT2D eigenvalue weighted by Crippen LogP contribution is -2.33. The maximum atomic E-state index is 12.4. The molecule has 1 aliphatic carbocycles. The highest BCUT2D eigenvalue weighted by Gasteiger charge is 2.24. The molecule has 134 valence electrons. The van der Waals surface area contributed by atoms with Gasteiger partial charge in [0, 0.05) is 27.2 Å². The number of carbonyl (C=O) groups excluding carboxylic acids is 1. The van der Waals surface area contributed by atoms with Gasteiger partial charge in [-0.25, -0.2) is 4.98 Å². The fraction of sp³-hybridized carbons (Fsp3) is 0.263. The molecule has 1 aromatic heterocycles. The second kappa shape index (κ2) is 6.91. The third kappa shape index (κ3) is 3.56. The van der Waals surface area contributed by atoms with Gasteiger partial charge in [0.25, 0.3) is 5.91 Å². The molecule has 4 rings (SSSR count). The number of fused-ring (bicyclic) bond motifs is 1. The van der Waals surface area contributed by atoms with Crippen LogP contribution in [0.2, 0.25) is 10.0 Å². The van der Waals surface area contributed by atoms with Gasteiger partial charge in [0.05, 0.1) is 6.10 Å². The van der Waals surface area contributed by atoms with Gasteiger partial charge in [0.1, 0.15) is 5.52 Å². The summed E-state index contributed by atoms with van der Waals surface area (Å²) in [6, 6.07) is 10.2. The van der Waals surface area contributed by atoms with Gasteiger partial charge in [-0.1, -0.05) is 23.2 Å². The topological polar surface area (TPSA) is 75.4 Å². The molecule has 1 aliphatic rings. The second-order valence-electron chi connectivity index (χ2n) is 6.50. The van der Waals surface area contributed by atoms with Crippen LogP contribution < -0.4 is 5.32 Å². The molecule has 2 atom stereocenters. The van der Waals surface area contributed by atoms with E-state index in [0.717, 1.165) is 12.8 Å². The molecule has 2 N–H and O–H groups in total. The number of nitrogens with zero attached hydrogens (tertiary/aromatic N) is 1. The van der Waals surface area contributed by atoms with Crippen LogP contribution in [0.1, 0.15) is 29.6 Å². The summed E-state index contributed by atoms with van der Waals surface area (Å²) < 4.78 is 5.79. The van der Waals surface area contributed by atoms with Crippen LogP contribution in [0.3, 0.4) is 0 Å². The highest BCUT2D eigenvalue weighted by molar-refractivity contribution is 6.35. The number of oxazole rings is 1. The Hall–Kier alpha value is -2.08. The van der Waals surface area contributed by atoms with E-state index in [2.05, 4.69) is 10.3 Å². The monoisotopic (exact) mass is 390 g/mol. The van der Waals surface area contributed by atoms with Crippen molar-refractivity contribution in [3.63, 3.8) is 0 Å². The number of amides is 1. The minimum absolute atomic E-state index is 0.00656. The molecule has 26 heavy (non-hydrogen) atoms. The van der Waals surface area contributed by atoms with Crippen LogP contribution in [0, 0.1) is 0 Å². The van der Waals surface area contributed by atoms with E-state index in [1.807, 2.05) is 0 Å². The van der Waals surface area contributed by atoms with Crippen molar-refractivity contribution in [1.82, 2.24) is 10.3 Å². The first-order valence-corrected chi connectivity index (χ1v) is 9.09. The van der Waals surface area contributed by atoms with Crippen molar-refractivity contribution in [3.05, 3.63) is 52.0 Å². The Balaban J connectivity index is 1.60. The number of aromatic nitrogens is 1. The quantitative estimate of drug-likeness (QED) is 0.692. The summed E-state index contributed by atoms with van der Waals surface area (Å²) in [5.74, 6) is 0.204. The highest BCUT2D eigenvalue weighted by atomic mass is 35.5. The van der Waals surface area contributed by atoms with E-state index < -0.39 is 0 Å². The minimum Gasteiger partial charge on any atom is -0.436 e. The fourth-order valence-corrected chi connectivity index (χ4v) is 3.75. The SMILES string of the molecule is O=C(N[C@H]1CC[C@@H](O)C1)c1ccc2nc(-c3cc(Cl)cc(Cl)c3)oc2c1. The highest BCUT2D eigenvalue weighted by Crippen LogP contribution is 2.29. The van der Waals surface area contributed by atoms with Crippen LogP contribution in [0.25, 0.3) is 22.6 Å². The normalized spacial score (nSPS) is 19.8. The Morgan fingerprint density at radius 3 is 2.62 bits per heavy atom. The molecule has 3 aromatic rings. The number of hydrogen-bond donors (Lipinski definition) is 2. The zero-order valence-corrected chi connectivity index (χ0v) is 15.2. The number of aliphatic hydroxyl groups excluding tert-OH is 1. The van der Waals surface area contributed by atoms with Crippen LogP contribution in [-0.4, -0.2) is 28.1 Å². The van der Waals surface area contributed by atoms with Crippen LogP contribution >= 0.6 is 23.2 Å². The fourth-order valence-electron chi connectivity index (χ4n) is 3.22. The van der Waals surface area contributed by atoms with Crippen molar-refractivity contribution in [1.29, 1.82) is 0 Å². The number of benzene rings is 2. The number of halogens is 2. The molecule has 0 bridgehead atoms. The van der Waals surface area contributed by atoms with Crippen molar-refractivity contribution in [2.75, 3.05) is 0 Å². The van der Waals surface area contributed by atoms with Crippen LogP contribution in [0.4, 0.5) is 0 Å². The smallest absolute Gasteiger partial charge is 0.251 e. The molecule has 5 nitrogen and oxygen atoms in total. The molecule has 0 spiro atoms. The summed E-state index contributed by atoms with van der Waals surface area (Å²) in [7, 11) is 0. The van der Waals surface area contributed by atoms with E-state index in [1.165, 1.54) is 0 Å². The molecule has 1 heterocycles. The lowest BCUT2D eigenvalue weighted by atomic mass is 10.1. The number of nitrogens with one attached hydrogen (secondary N) is 1. The molecule has 2 aromatic carbocycles. The molecule has 0 unspecified atom stereocenters. The minimum atomic E-state index is -0.330. The van der Waals surface area contributed by atoms with Gasteiger partial charge in [-0.15, -0.1) is 0 Å². The molecule has 0 radical (unpaired) electrons. The number of aliphatic hydroxyl groups is 1. The summed E-state index contributed by atoms with van der Waals surface area (Å²) in [5.41, 5.74) is 2.31. The molecule has 1 fully saturated rings. The number of hydrogen-bond acceptors (Lipinski definition) is 4. The number of carbonyl (C=O) groups is 1. The molecule has 1 amide bonds. The summed E-state index contributed by atoms with van der Waals surface area (Å²) in [5, 5.41) is 13.5. The Bertz CT molecular complexity index is 966. The first-order valence-electron chi connectivity index (χ1n) is 8.34. The second-order valence-corrected chi connectivity index (χ2v) is 7.37. The predicted octanol–water partition coefficient (Wildman–Crippen LogP) is 4.44. The Kier molecular flexibility index (Phi) is 4.61. The third-order valence-electron chi connectivity index (χ3n) is 4.50. The van der Waals surface area contributed by atoms with Gasteiger partial charge in [0.2, 0.25) is 5.89 Å². The zero-order valence-electron chi connectivity index (χ0n) is 13.7. The van der Waals surface area contributed by atoms with E-state index in [1.54, 1.807) is 36.4 Å². The molecule has 7 heteroatoms. The molecular weight excluding hydrogens is 375 g/mol. The first-order chi connectivity index (χ1) is 12.5. The summed E-state index contributed by atoms with van der Waals surface area (Å²) in [6.45, 7) is 0. The third-order valence-corrected chi connectivity index (χ3v) is 4.94. The van der Waals surface area contributed by atoms with E-state index in [-0.39, 0.29) is 18.1 Å². The largest absolute Gasteiger partial charge is 0.436 e. The van der Waals surface area contributed by atoms with E-state index >= 15 is 0 Å². The number of rotatable bonds is 3. The molecule has 0 saturated heterocycles. The molecule has 1 saturated carbocycles. The van der Waals surface area contributed by atoms with Crippen LogP contribution in [-0.2, 0) is 0 Å². The summed E-state index contributed by atoms with van der Waals surface area (Å²) in [4.78, 5) is 16.9. The van der Waals surface area contributed by atoms with Crippen molar-refractivity contribution in [3.8, 4) is 11.5 Å². The lowest BCUT2D eigenvalue weighted by Gasteiger charge is -2.11. The molecule has 0 aliphatic heterocycles. The van der Waals surface area contributed by atoms with Gasteiger partial charge < -0.3 is 14.8 Å². The van der Waals surface area contributed by atoms with Crippen molar-refractivity contribution >= 4 is 40.2 Å². The standard InChI is InChI=1S/C19H16Cl2N2O3/c20-12-5-11(6-13(21)8-12)19-23-16-4-1-10(7-17(16)26-19)18(25)22-14-2-3-15(24)9-14/h1,4-8,14-15,24H,2-3,9H2,(H,22,25)/t14-,15+/m0/s1. The van der Waals surface area contributed by atoms with E-state index in [9.17, 15) is 9.90 Å². The van der Waals surface area contributed by atoms with Crippen molar-refractivity contribution < 1.29 is 14.3 Å². The maximum absolute atomic E-state index is 12.4. The average Bonchev–Trinajstić information content (AvgIpc) is 3.19. The average molecular weight is 391 g/mol. The van der Waals surface area contributed by atoms with Crippen molar-refractivity contribution in [2.45, 2.75) is 31.4 Å². The zero-order chi connectivity index (χ0) is 18.3. The van der Waals surface area contributed by atoms with E-state index in [4.69, 9.17) is 27.6 Å². The van der Waals surface area contributed by atoms with E-state index in [0.29, 0.717) is 44.6 Å². The van der Waals surface area contributed by atoms with Gasteiger partial charge in [-0.05, 0) is 55.7 Å². The summed E-state index contributed by atoms with van der Waals surface area (Å²) >= 11 is 12.1. The van der Waals surface area contributed by atoms with Gasteiger partial charge >= 0.3 is 0 Å². The maximum Gasteiger partial charge on any atom is 0.251 e. The molecular formula is C19H16Cl2N2O3. The Labute approximate surface area is 159 Å². The van der Waals surface area contributed by atoms with Gasteiger partial charge in [-0.2, -0.15) is 0 Å². The van der Waals surface area contributed by atoms with Crippen LogP contribution in [0.5, 0.6) is 0 Å². The lowest BCUT2D eigenvalue weighted by molar-refractivity contribution is 0.0934. The van der Waals surface area contributed by atoms with Gasteiger partial charge in [0.15, 0.2) is 5.58 Å². The van der Waals surface area contributed by atoms with Gasteiger partial charge in [-0.3, -0.25) is 4.79 Å². The van der Waals surface area contributed by atoms with Crippen molar-refractivity contribution in [2.24, 2.45) is 0 Å². The first kappa shape index (κ1) is 17.3. The Morgan fingerprint density at radius 1 is 1.15 bits per heavy atom. The predicted molar refractivity (Wildman–Crippen MR) is 101 cm³/mol. The Morgan fingerprint density at radius 2 is 1.92 bits per heavy atom. The summed E-state index contributed by atoms with van der Waals surface area (Å²) in [6.07, 6.45) is 1.77.